The summed E-state index contributed by atoms with van der Waals surface area (Å²) in [6, 6.07) is 10.5. The van der Waals surface area contributed by atoms with Crippen molar-refractivity contribution in [1.82, 2.24) is 0 Å². The van der Waals surface area contributed by atoms with Crippen LogP contribution >= 0.6 is 0 Å². The molecule has 2 rings (SSSR count). The molecule has 2 aromatic carbocycles. The maximum Gasteiger partial charge on any atom is 0.416 e. The Balaban J connectivity index is 2.13. The van der Waals surface area contributed by atoms with Gasteiger partial charge in [-0.3, -0.25) is 0 Å². The third-order valence-electron chi connectivity index (χ3n) is 3.40. The topological polar surface area (TPSA) is 18.5 Å². The molecule has 0 aliphatic carbocycles. The van der Waals surface area contributed by atoms with E-state index in [1.807, 2.05) is 24.3 Å². The molecule has 0 saturated carbocycles. The van der Waals surface area contributed by atoms with Gasteiger partial charge in [0.15, 0.2) is 0 Å². The first-order valence-corrected chi connectivity index (χ1v) is 6.99. The zero-order valence-electron chi connectivity index (χ0n) is 12.9. The third kappa shape index (κ3) is 4.28. The molecule has 0 heterocycles. The fourth-order valence-electron chi connectivity index (χ4n) is 2.23. The molecule has 0 aromatic heterocycles. The molecule has 0 aliphatic rings. The standard InChI is InChI=1S/C18H17F3O2/c1-22-16-7-4-8-17(23-2)15(16)6-3-5-13-9-11-14(12-10-13)18(19,20)21/h3-5,7-12H,6H2,1-2H3/b5-3+. The van der Waals surface area contributed by atoms with Gasteiger partial charge in [0, 0.05) is 5.56 Å². The van der Waals surface area contributed by atoms with Gasteiger partial charge < -0.3 is 9.47 Å². The van der Waals surface area contributed by atoms with E-state index in [-0.39, 0.29) is 0 Å². The van der Waals surface area contributed by atoms with Gasteiger partial charge in [0.2, 0.25) is 0 Å². The molecule has 0 unspecified atom stereocenters. The van der Waals surface area contributed by atoms with Crippen molar-refractivity contribution in [2.45, 2.75) is 12.6 Å². The number of hydrogen-bond donors (Lipinski definition) is 0. The summed E-state index contributed by atoms with van der Waals surface area (Å²) in [5.74, 6) is 1.42. The van der Waals surface area contributed by atoms with Crippen LogP contribution in [0.1, 0.15) is 16.7 Å². The third-order valence-corrected chi connectivity index (χ3v) is 3.40. The van der Waals surface area contributed by atoms with Gasteiger partial charge in [-0.15, -0.1) is 0 Å². The monoisotopic (exact) mass is 322 g/mol. The molecule has 2 nitrogen and oxygen atoms in total. The Bertz CT molecular complexity index is 651. The summed E-state index contributed by atoms with van der Waals surface area (Å²) in [6.45, 7) is 0. The molecule has 0 radical (unpaired) electrons. The van der Waals surface area contributed by atoms with Gasteiger partial charge in [-0.2, -0.15) is 13.2 Å². The second-order valence-electron chi connectivity index (χ2n) is 4.87. The summed E-state index contributed by atoms with van der Waals surface area (Å²) in [7, 11) is 3.16. The van der Waals surface area contributed by atoms with E-state index in [4.69, 9.17) is 9.47 Å². The number of ether oxygens (including phenoxy) is 2. The Labute approximate surface area is 133 Å². The number of allylic oxidation sites excluding steroid dienone is 1. The Morgan fingerprint density at radius 2 is 1.48 bits per heavy atom. The van der Waals surface area contributed by atoms with Crippen LogP contribution in [0.25, 0.3) is 6.08 Å². The Hall–Kier alpha value is -2.43. The number of methoxy groups -OCH3 is 2. The second kappa shape index (κ2) is 7.22. The summed E-state index contributed by atoms with van der Waals surface area (Å²) in [5, 5.41) is 0. The van der Waals surface area contributed by atoms with Gasteiger partial charge in [-0.05, 0) is 36.2 Å². The Kier molecular flexibility index (Phi) is 5.32. The molecule has 122 valence electrons. The molecule has 0 N–H and O–H groups in total. The first-order chi connectivity index (χ1) is 11.0. The van der Waals surface area contributed by atoms with Crippen molar-refractivity contribution < 1.29 is 22.6 Å². The van der Waals surface area contributed by atoms with Gasteiger partial charge in [0.05, 0.1) is 19.8 Å². The molecule has 0 bridgehead atoms. The van der Waals surface area contributed by atoms with E-state index in [9.17, 15) is 13.2 Å². The van der Waals surface area contributed by atoms with Crippen molar-refractivity contribution in [3.8, 4) is 11.5 Å². The van der Waals surface area contributed by atoms with Crippen LogP contribution in [0.4, 0.5) is 13.2 Å². The maximum absolute atomic E-state index is 12.5. The van der Waals surface area contributed by atoms with Gasteiger partial charge in [0.25, 0.3) is 0 Å². The Morgan fingerprint density at radius 3 is 1.96 bits per heavy atom. The van der Waals surface area contributed by atoms with Crippen LogP contribution in [0.5, 0.6) is 11.5 Å². The highest BCUT2D eigenvalue weighted by molar-refractivity contribution is 5.53. The minimum atomic E-state index is -4.31. The lowest BCUT2D eigenvalue weighted by molar-refractivity contribution is -0.137. The fraction of sp³-hybridized carbons (Fsp3) is 0.222. The SMILES string of the molecule is COc1cccc(OC)c1C/C=C/c1ccc(C(F)(F)F)cc1. The van der Waals surface area contributed by atoms with Crippen LogP contribution in [0.2, 0.25) is 0 Å². The average molecular weight is 322 g/mol. The minimum absolute atomic E-state index is 0.550. The van der Waals surface area contributed by atoms with Crippen LogP contribution in [-0.2, 0) is 12.6 Å². The smallest absolute Gasteiger partial charge is 0.416 e. The lowest BCUT2D eigenvalue weighted by Crippen LogP contribution is -2.03. The lowest BCUT2D eigenvalue weighted by Gasteiger charge is -2.11. The van der Waals surface area contributed by atoms with Crippen LogP contribution in [-0.4, -0.2) is 14.2 Å². The van der Waals surface area contributed by atoms with Crippen LogP contribution in [0.15, 0.2) is 48.5 Å². The lowest BCUT2D eigenvalue weighted by atomic mass is 10.1. The fourth-order valence-corrected chi connectivity index (χ4v) is 2.23. The first-order valence-electron chi connectivity index (χ1n) is 6.99. The van der Waals surface area contributed by atoms with E-state index < -0.39 is 11.7 Å². The van der Waals surface area contributed by atoms with Gasteiger partial charge >= 0.3 is 6.18 Å². The summed E-state index contributed by atoms with van der Waals surface area (Å²) < 4.78 is 48.2. The number of rotatable bonds is 5. The van der Waals surface area contributed by atoms with Crippen LogP contribution in [0, 0.1) is 0 Å². The molecule has 2 aromatic rings. The molecular formula is C18H17F3O2. The highest BCUT2D eigenvalue weighted by Gasteiger charge is 2.29. The normalized spacial score (nSPS) is 11.7. The molecular weight excluding hydrogens is 305 g/mol. The largest absolute Gasteiger partial charge is 0.496 e. The summed E-state index contributed by atoms with van der Waals surface area (Å²) in [4.78, 5) is 0. The Morgan fingerprint density at radius 1 is 0.913 bits per heavy atom. The number of benzene rings is 2. The second-order valence-corrected chi connectivity index (χ2v) is 4.87. The van der Waals surface area contributed by atoms with E-state index in [2.05, 4.69) is 0 Å². The zero-order valence-corrected chi connectivity index (χ0v) is 12.9. The van der Waals surface area contributed by atoms with Crippen LogP contribution < -0.4 is 9.47 Å². The molecule has 0 atom stereocenters. The molecule has 23 heavy (non-hydrogen) atoms. The highest BCUT2D eigenvalue weighted by Crippen LogP contribution is 2.30. The average Bonchev–Trinajstić information content (AvgIpc) is 2.54. The molecule has 0 saturated heterocycles. The number of hydrogen-bond acceptors (Lipinski definition) is 2. The summed E-state index contributed by atoms with van der Waals surface area (Å²) >= 11 is 0. The van der Waals surface area contributed by atoms with Gasteiger partial charge in [-0.25, -0.2) is 0 Å². The zero-order chi connectivity index (χ0) is 16.9. The number of halogens is 3. The van der Waals surface area contributed by atoms with Crippen molar-refractivity contribution >= 4 is 6.08 Å². The van der Waals surface area contributed by atoms with E-state index in [0.29, 0.717) is 23.5 Å². The predicted molar refractivity (Wildman–Crippen MR) is 83.7 cm³/mol. The molecule has 5 heteroatoms. The van der Waals surface area contributed by atoms with E-state index in [0.717, 1.165) is 17.7 Å². The van der Waals surface area contributed by atoms with E-state index in [1.165, 1.54) is 12.1 Å². The van der Waals surface area contributed by atoms with Gasteiger partial charge in [-0.1, -0.05) is 30.4 Å². The highest BCUT2D eigenvalue weighted by atomic mass is 19.4. The number of alkyl halides is 3. The van der Waals surface area contributed by atoms with Gasteiger partial charge in [0.1, 0.15) is 11.5 Å². The van der Waals surface area contributed by atoms with Crippen molar-refractivity contribution in [1.29, 1.82) is 0 Å². The van der Waals surface area contributed by atoms with Crippen LogP contribution in [0.3, 0.4) is 0 Å². The molecule has 0 aliphatic heterocycles. The quantitative estimate of drug-likeness (QED) is 0.773. The minimum Gasteiger partial charge on any atom is -0.496 e. The molecule has 0 spiro atoms. The molecule has 0 fully saturated rings. The van der Waals surface area contributed by atoms with Crippen molar-refractivity contribution in [3.05, 3.63) is 65.2 Å². The first kappa shape index (κ1) is 16.9. The van der Waals surface area contributed by atoms with Crippen molar-refractivity contribution in [2.24, 2.45) is 0 Å². The van der Waals surface area contributed by atoms with E-state index in [1.54, 1.807) is 20.3 Å². The van der Waals surface area contributed by atoms with Crippen molar-refractivity contribution in [3.63, 3.8) is 0 Å². The van der Waals surface area contributed by atoms with Crippen molar-refractivity contribution in [2.75, 3.05) is 14.2 Å². The summed E-state index contributed by atoms with van der Waals surface area (Å²) in [5.41, 5.74) is 0.938. The predicted octanol–water partition coefficient (Wildman–Crippen LogP) is 4.98. The van der Waals surface area contributed by atoms with E-state index >= 15 is 0 Å². The molecule has 0 amide bonds. The maximum atomic E-state index is 12.5. The summed E-state index contributed by atoms with van der Waals surface area (Å²) in [6.07, 6.45) is -0.129.